The van der Waals surface area contributed by atoms with Gasteiger partial charge in [0.1, 0.15) is 23.9 Å². The van der Waals surface area contributed by atoms with Gasteiger partial charge in [-0.3, -0.25) is 14.4 Å². The smallest absolute Gasteiger partial charge is 0.326 e. The Morgan fingerprint density at radius 1 is 1.06 bits per heavy atom. The highest BCUT2D eigenvalue weighted by molar-refractivity contribution is 7.98. The molecule has 0 aromatic heterocycles. The lowest BCUT2D eigenvalue weighted by atomic mass is 10.0. The summed E-state index contributed by atoms with van der Waals surface area (Å²) < 4.78 is 13.1. The van der Waals surface area contributed by atoms with Crippen LogP contribution < -0.4 is 16.0 Å². The molecular weight excluding hydrogens is 425 g/mol. The van der Waals surface area contributed by atoms with E-state index in [0.29, 0.717) is 24.1 Å². The molecule has 0 aliphatic rings. The van der Waals surface area contributed by atoms with Crippen molar-refractivity contribution in [3.05, 3.63) is 35.6 Å². The topological polar surface area (TPSA) is 125 Å². The van der Waals surface area contributed by atoms with Gasteiger partial charge in [-0.15, -0.1) is 0 Å². The van der Waals surface area contributed by atoms with Gasteiger partial charge in [0.05, 0.1) is 0 Å². The Kier molecular flexibility index (Phi) is 11.6. The number of carboxylic acid groups (broad SMARTS) is 1. The minimum Gasteiger partial charge on any atom is -0.480 e. The Balaban J connectivity index is 2.90. The van der Waals surface area contributed by atoms with Crippen LogP contribution in [0.4, 0.5) is 4.39 Å². The zero-order chi connectivity index (χ0) is 23.4. The summed E-state index contributed by atoms with van der Waals surface area (Å²) >= 11 is 1.52. The Labute approximate surface area is 185 Å². The maximum absolute atomic E-state index is 13.1. The lowest BCUT2D eigenvalue weighted by molar-refractivity contribution is -0.142. The predicted molar refractivity (Wildman–Crippen MR) is 117 cm³/mol. The second-order valence-corrected chi connectivity index (χ2v) is 8.52. The first-order valence-electron chi connectivity index (χ1n) is 9.94. The van der Waals surface area contributed by atoms with Crippen molar-refractivity contribution >= 4 is 36.0 Å². The van der Waals surface area contributed by atoms with E-state index in [4.69, 9.17) is 0 Å². The van der Waals surface area contributed by atoms with Crippen LogP contribution >= 0.6 is 11.8 Å². The Hall–Kier alpha value is -2.62. The highest BCUT2D eigenvalue weighted by Gasteiger charge is 2.29. The monoisotopic (exact) mass is 455 g/mol. The van der Waals surface area contributed by atoms with Gasteiger partial charge in [0, 0.05) is 6.42 Å². The molecule has 0 saturated heterocycles. The lowest BCUT2D eigenvalue weighted by Crippen LogP contribution is -2.55. The molecule has 0 aliphatic heterocycles. The number of rotatable bonds is 14. The maximum atomic E-state index is 13.1. The number of thioether (sulfide) groups is 1. The summed E-state index contributed by atoms with van der Waals surface area (Å²) in [5, 5.41) is 17.1. The van der Waals surface area contributed by atoms with E-state index in [1.165, 1.54) is 36.0 Å². The van der Waals surface area contributed by atoms with Crippen LogP contribution in [0.3, 0.4) is 0 Å². The molecule has 1 aromatic carbocycles. The Bertz CT molecular complexity index is 745. The molecule has 0 bridgehead atoms. The molecule has 10 heteroatoms. The summed E-state index contributed by atoms with van der Waals surface area (Å²) in [7, 11) is 0. The number of hydrogen-bond donors (Lipinski definition) is 4. The Morgan fingerprint density at radius 2 is 1.65 bits per heavy atom. The van der Waals surface area contributed by atoms with Gasteiger partial charge in [-0.2, -0.15) is 11.8 Å². The number of benzene rings is 1. The third-order valence-electron chi connectivity index (χ3n) is 4.50. The van der Waals surface area contributed by atoms with E-state index in [-0.39, 0.29) is 18.8 Å². The molecule has 0 unspecified atom stereocenters. The third-order valence-corrected chi connectivity index (χ3v) is 5.15. The van der Waals surface area contributed by atoms with Crippen LogP contribution in [0.1, 0.15) is 32.3 Å². The molecule has 1 aromatic rings. The summed E-state index contributed by atoms with van der Waals surface area (Å²) in [4.78, 5) is 47.9. The zero-order valence-corrected chi connectivity index (χ0v) is 18.7. The number of halogens is 1. The summed E-state index contributed by atoms with van der Waals surface area (Å²) in [5.74, 6) is -2.15. The van der Waals surface area contributed by atoms with Gasteiger partial charge in [0.15, 0.2) is 0 Å². The average molecular weight is 456 g/mol. The van der Waals surface area contributed by atoms with Crippen molar-refractivity contribution in [2.45, 2.75) is 51.2 Å². The highest BCUT2D eigenvalue weighted by Crippen LogP contribution is 2.10. The van der Waals surface area contributed by atoms with Gasteiger partial charge in [-0.1, -0.05) is 26.0 Å². The molecule has 3 amide bonds. The second kappa shape index (κ2) is 13.6. The van der Waals surface area contributed by atoms with E-state index in [1.54, 1.807) is 0 Å². The lowest BCUT2D eigenvalue weighted by Gasteiger charge is -2.25. The summed E-state index contributed by atoms with van der Waals surface area (Å²) in [6.07, 6.45) is 2.96. The number of carbonyl (C=O) groups excluding carboxylic acids is 3. The Morgan fingerprint density at radius 3 is 2.16 bits per heavy atom. The van der Waals surface area contributed by atoms with Gasteiger partial charge in [-0.25, -0.2) is 9.18 Å². The minimum absolute atomic E-state index is 0.0350. The predicted octanol–water partition coefficient (Wildman–Crippen LogP) is 1.34. The quantitative estimate of drug-likeness (QED) is 0.314. The fourth-order valence-electron chi connectivity index (χ4n) is 2.91. The van der Waals surface area contributed by atoms with Crippen LogP contribution in [0.25, 0.3) is 0 Å². The van der Waals surface area contributed by atoms with Gasteiger partial charge in [-0.05, 0) is 48.5 Å². The SMILES string of the molecule is CSCC[C@@H](NC=O)C(=O)N[C@H](CC(C)C)C(=O)N[C@H](Cc1ccc(F)cc1)C(=O)O. The van der Waals surface area contributed by atoms with E-state index < -0.39 is 41.7 Å². The number of aliphatic carboxylic acids is 1. The number of nitrogens with one attached hydrogen (secondary N) is 3. The molecule has 0 heterocycles. The fraction of sp³-hybridized carbons (Fsp3) is 0.524. The van der Waals surface area contributed by atoms with Crippen molar-refractivity contribution in [2.75, 3.05) is 12.0 Å². The highest BCUT2D eigenvalue weighted by atomic mass is 32.2. The van der Waals surface area contributed by atoms with Crippen molar-refractivity contribution < 1.29 is 28.7 Å². The van der Waals surface area contributed by atoms with Crippen LogP contribution in [-0.2, 0) is 25.6 Å². The molecule has 172 valence electrons. The minimum atomic E-state index is -1.25. The molecule has 0 spiro atoms. The summed E-state index contributed by atoms with van der Waals surface area (Å²) in [6, 6.07) is 2.33. The standard InChI is InChI=1S/C21H30FN3O5S/c1-13(2)10-17(24-19(27)16(23-12-26)8-9-31-3)20(28)25-18(21(29)30)11-14-4-6-15(22)7-5-14/h4-7,12-13,16-18H,8-11H2,1-3H3,(H,23,26)(H,24,27)(H,25,28)(H,29,30)/t16-,17-,18-/m1/s1. The second-order valence-electron chi connectivity index (χ2n) is 7.54. The first kappa shape index (κ1) is 26.4. The molecule has 31 heavy (non-hydrogen) atoms. The van der Waals surface area contributed by atoms with Crippen LogP contribution in [0.2, 0.25) is 0 Å². The number of carboxylic acids is 1. The van der Waals surface area contributed by atoms with Gasteiger partial charge in [0.25, 0.3) is 0 Å². The average Bonchev–Trinajstić information content (AvgIpc) is 2.71. The number of hydrogen-bond acceptors (Lipinski definition) is 5. The van der Waals surface area contributed by atoms with Gasteiger partial charge in [0.2, 0.25) is 18.2 Å². The van der Waals surface area contributed by atoms with Gasteiger partial charge >= 0.3 is 5.97 Å². The van der Waals surface area contributed by atoms with Gasteiger partial charge < -0.3 is 21.1 Å². The van der Waals surface area contributed by atoms with Crippen LogP contribution in [0.5, 0.6) is 0 Å². The van der Waals surface area contributed by atoms with Crippen molar-refractivity contribution in [3.63, 3.8) is 0 Å². The molecular formula is C21H30FN3O5S. The molecule has 8 nitrogen and oxygen atoms in total. The van der Waals surface area contributed by atoms with E-state index in [2.05, 4.69) is 16.0 Å². The van der Waals surface area contributed by atoms with Crippen molar-refractivity contribution in [1.82, 2.24) is 16.0 Å². The van der Waals surface area contributed by atoms with Crippen molar-refractivity contribution in [2.24, 2.45) is 5.92 Å². The molecule has 3 atom stereocenters. The number of carbonyl (C=O) groups is 4. The maximum Gasteiger partial charge on any atom is 0.326 e. The first-order chi connectivity index (χ1) is 14.7. The van der Waals surface area contributed by atoms with Crippen LogP contribution in [0, 0.1) is 11.7 Å². The summed E-state index contributed by atoms with van der Waals surface area (Å²) in [6.45, 7) is 3.74. The number of amides is 3. The largest absolute Gasteiger partial charge is 0.480 e. The van der Waals surface area contributed by atoms with Crippen molar-refractivity contribution in [1.29, 1.82) is 0 Å². The van der Waals surface area contributed by atoms with Crippen LogP contribution in [-0.4, -0.2) is 59.4 Å². The van der Waals surface area contributed by atoms with Crippen LogP contribution in [0.15, 0.2) is 24.3 Å². The molecule has 0 saturated carbocycles. The molecule has 1 rings (SSSR count). The van der Waals surface area contributed by atoms with E-state index in [1.807, 2.05) is 20.1 Å². The fourth-order valence-corrected chi connectivity index (χ4v) is 3.38. The van der Waals surface area contributed by atoms with E-state index >= 15 is 0 Å². The molecule has 0 radical (unpaired) electrons. The van der Waals surface area contributed by atoms with Crippen molar-refractivity contribution in [3.8, 4) is 0 Å². The van der Waals surface area contributed by atoms with E-state index in [0.717, 1.165) is 0 Å². The third kappa shape index (κ3) is 9.82. The first-order valence-corrected chi connectivity index (χ1v) is 11.3. The summed E-state index contributed by atoms with van der Waals surface area (Å²) in [5.41, 5.74) is 0.547. The van der Waals surface area contributed by atoms with E-state index in [9.17, 15) is 28.7 Å². The zero-order valence-electron chi connectivity index (χ0n) is 17.9. The molecule has 0 aliphatic carbocycles. The molecule has 0 fully saturated rings. The molecule has 4 N–H and O–H groups in total. The normalized spacial score (nSPS) is 13.7.